The van der Waals surface area contributed by atoms with E-state index in [0.29, 0.717) is 5.88 Å². The zero-order valence-electron chi connectivity index (χ0n) is 12.2. The molecule has 2 aromatic rings. The quantitative estimate of drug-likeness (QED) is 0.646. The van der Waals surface area contributed by atoms with Crippen molar-refractivity contribution in [1.29, 1.82) is 0 Å². The van der Waals surface area contributed by atoms with Crippen LogP contribution >= 0.6 is 34.8 Å². The molecule has 1 atom stereocenters. The highest BCUT2D eigenvalue weighted by atomic mass is 35.5. The summed E-state index contributed by atoms with van der Waals surface area (Å²) in [4.78, 5) is 0. The van der Waals surface area contributed by atoms with Crippen molar-refractivity contribution < 1.29 is 0 Å². The van der Waals surface area contributed by atoms with Crippen LogP contribution in [0, 0.1) is 0 Å². The van der Waals surface area contributed by atoms with Crippen LogP contribution in [0.3, 0.4) is 0 Å². The second-order valence-corrected chi connectivity index (χ2v) is 6.11. The summed E-state index contributed by atoms with van der Waals surface area (Å²) >= 11 is 18.7. The summed E-state index contributed by atoms with van der Waals surface area (Å²) in [5.74, 6) is 0.696. The normalized spacial score (nSPS) is 12.6. The van der Waals surface area contributed by atoms with Crippen LogP contribution in [-0.2, 0) is 19.4 Å². The van der Waals surface area contributed by atoms with Crippen molar-refractivity contribution in [2.45, 2.75) is 39.2 Å². The first-order chi connectivity index (χ1) is 10.1. The Morgan fingerprint density at radius 1 is 1.24 bits per heavy atom. The molecule has 1 aromatic heterocycles. The molecule has 0 radical (unpaired) electrons. The molecule has 0 fully saturated rings. The zero-order chi connectivity index (χ0) is 15.4. The van der Waals surface area contributed by atoms with Gasteiger partial charge in [0, 0.05) is 23.4 Å². The van der Waals surface area contributed by atoms with Crippen LogP contribution in [0.4, 0.5) is 0 Å². The van der Waals surface area contributed by atoms with Crippen molar-refractivity contribution in [3.05, 3.63) is 51.3 Å². The van der Waals surface area contributed by atoms with Gasteiger partial charge in [-0.3, -0.25) is 4.68 Å². The Hall–Kier alpha value is -0.700. The van der Waals surface area contributed by atoms with Crippen molar-refractivity contribution in [2.24, 2.45) is 0 Å². The summed E-state index contributed by atoms with van der Waals surface area (Å²) in [6, 6.07) is 7.85. The van der Waals surface area contributed by atoms with E-state index in [2.05, 4.69) is 25.0 Å². The molecule has 2 rings (SSSR count). The third-order valence-electron chi connectivity index (χ3n) is 3.64. The van der Waals surface area contributed by atoms with E-state index in [1.54, 1.807) is 0 Å². The molecule has 0 amide bonds. The zero-order valence-corrected chi connectivity index (χ0v) is 14.5. The number of benzene rings is 1. The molecule has 114 valence electrons. The van der Waals surface area contributed by atoms with Crippen LogP contribution in [-0.4, -0.2) is 15.7 Å². The molecule has 0 bridgehead atoms. The minimum absolute atomic E-state index is 0.176. The first-order valence-corrected chi connectivity index (χ1v) is 8.45. The molecular formula is C16H19Cl3N2. The van der Waals surface area contributed by atoms with E-state index in [-0.39, 0.29) is 5.92 Å². The van der Waals surface area contributed by atoms with Crippen LogP contribution < -0.4 is 0 Å². The SMILES string of the molecule is CCc1nn(CC)c(CC(CCl)c2cccc(Cl)c2)c1Cl. The lowest BCUT2D eigenvalue weighted by molar-refractivity contribution is 0.593. The first-order valence-electron chi connectivity index (χ1n) is 7.16. The molecule has 0 N–H and O–H groups in total. The van der Waals surface area contributed by atoms with Crippen molar-refractivity contribution in [2.75, 3.05) is 5.88 Å². The fourth-order valence-corrected chi connectivity index (χ4v) is 3.30. The van der Waals surface area contributed by atoms with E-state index in [1.165, 1.54) is 0 Å². The fraction of sp³-hybridized carbons (Fsp3) is 0.438. The maximum Gasteiger partial charge on any atom is 0.0850 e. The van der Waals surface area contributed by atoms with Crippen LogP contribution in [0.2, 0.25) is 10.0 Å². The Balaban J connectivity index is 2.32. The highest BCUT2D eigenvalue weighted by Gasteiger charge is 2.19. The van der Waals surface area contributed by atoms with E-state index in [9.17, 15) is 0 Å². The number of aromatic nitrogens is 2. The maximum absolute atomic E-state index is 6.48. The minimum Gasteiger partial charge on any atom is -0.268 e. The van der Waals surface area contributed by atoms with Crippen LogP contribution in [0.15, 0.2) is 24.3 Å². The van der Waals surface area contributed by atoms with Crippen LogP contribution in [0.1, 0.15) is 36.7 Å². The van der Waals surface area contributed by atoms with Crippen molar-refractivity contribution in [3.8, 4) is 0 Å². The number of rotatable bonds is 6. The summed E-state index contributed by atoms with van der Waals surface area (Å²) in [5, 5.41) is 6.06. The molecule has 0 saturated carbocycles. The number of halogens is 3. The predicted molar refractivity (Wildman–Crippen MR) is 90.9 cm³/mol. The average Bonchev–Trinajstić information content (AvgIpc) is 2.80. The minimum atomic E-state index is 0.176. The van der Waals surface area contributed by atoms with Gasteiger partial charge in [0.1, 0.15) is 0 Å². The van der Waals surface area contributed by atoms with Gasteiger partial charge in [-0.2, -0.15) is 5.10 Å². The van der Waals surface area contributed by atoms with E-state index in [1.807, 2.05) is 22.9 Å². The van der Waals surface area contributed by atoms with Gasteiger partial charge in [0.2, 0.25) is 0 Å². The number of alkyl halides is 1. The van der Waals surface area contributed by atoms with E-state index in [0.717, 1.165) is 46.4 Å². The predicted octanol–water partition coefficient (Wildman–Crippen LogP) is 5.34. The van der Waals surface area contributed by atoms with Gasteiger partial charge in [-0.25, -0.2) is 0 Å². The van der Waals surface area contributed by atoms with Crippen molar-refractivity contribution in [1.82, 2.24) is 9.78 Å². The van der Waals surface area contributed by atoms with Crippen LogP contribution in [0.5, 0.6) is 0 Å². The smallest absolute Gasteiger partial charge is 0.0850 e. The molecule has 0 saturated heterocycles. The summed E-state index contributed by atoms with van der Waals surface area (Å²) in [6.45, 7) is 4.94. The van der Waals surface area contributed by atoms with Gasteiger partial charge in [0.05, 0.1) is 16.4 Å². The monoisotopic (exact) mass is 344 g/mol. The molecule has 0 spiro atoms. The number of nitrogens with zero attached hydrogens (tertiary/aromatic N) is 2. The summed E-state index contributed by atoms with van der Waals surface area (Å²) in [7, 11) is 0. The fourth-order valence-electron chi connectivity index (χ4n) is 2.47. The van der Waals surface area contributed by atoms with Crippen molar-refractivity contribution >= 4 is 34.8 Å². The Bertz CT molecular complexity index is 608. The Labute approximate surface area is 141 Å². The lowest BCUT2D eigenvalue weighted by Crippen LogP contribution is -2.10. The molecule has 1 aromatic carbocycles. The standard InChI is InChI=1S/C16H19Cl3N2/c1-3-14-16(19)15(21(4-2)20-14)9-12(10-17)11-6-5-7-13(18)8-11/h5-8,12H,3-4,9-10H2,1-2H3. The highest BCUT2D eigenvalue weighted by molar-refractivity contribution is 6.32. The Morgan fingerprint density at radius 2 is 2.00 bits per heavy atom. The second kappa shape index (κ2) is 7.53. The van der Waals surface area contributed by atoms with Crippen molar-refractivity contribution in [3.63, 3.8) is 0 Å². The van der Waals surface area contributed by atoms with Gasteiger partial charge in [-0.15, -0.1) is 11.6 Å². The molecule has 1 unspecified atom stereocenters. The number of hydrogen-bond donors (Lipinski definition) is 0. The molecule has 21 heavy (non-hydrogen) atoms. The maximum atomic E-state index is 6.48. The lowest BCUT2D eigenvalue weighted by Gasteiger charge is -2.16. The van der Waals surface area contributed by atoms with E-state index in [4.69, 9.17) is 34.8 Å². The summed E-state index contributed by atoms with van der Waals surface area (Å²) in [6.07, 6.45) is 1.60. The number of hydrogen-bond acceptors (Lipinski definition) is 1. The lowest BCUT2D eigenvalue weighted by atomic mass is 9.96. The molecule has 0 aliphatic rings. The van der Waals surface area contributed by atoms with Gasteiger partial charge in [-0.1, -0.05) is 42.3 Å². The van der Waals surface area contributed by atoms with Gasteiger partial charge < -0.3 is 0 Å². The van der Waals surface area contributed by atoms with Gasteiger partial charge >= 0.3 is 0 Å². The molecule has 0 aliphatic carbocycles. The topological polar surface area (TPSA) is 17.8 Å². The third kappa shape index (κ3) is 3.74. The molecule has 2 nitrogen and oxygen atoms in total. The average molecular weight is 346 g/mol. The third-order valence-corrected chi connectivity index (χ3v) is 4.68. The van der Waals surface area contributed by atoms with Gasteiger partial charge in [0.25, 0.3) is 0 Å². The van der Waals surface area contributed by atoms with E-state index >= 15 is 0 Å². The molecule has 0 aliphatic heterocycles. The highest BCUT2D eigenvalue weighted by Crippen LogP contribution is 2.29. The Kier molecular flexibility index (Phi) is 5.98. The summed E-state index contributed by atoms with van der Waals surface area (Å²) in [5.41, 5.74) is 3.14. The molecular weight excluding hydrogens is 327 g/mol. The number of aryl methyl sites for hydroxylation is 2. The van der Waals surface area contributed by atoms with E-state index < -0.39 is 0 Å². The van der Waals surface area contributed by atoms with Gasteiger partial charge in [0.15, 0.2) is 0 Å². The summed E-state index contributed by atoms with van der Waals surface area (Å²) < 4.78 is 1.98. The molecule has 1 heterocycles. The second-order valence-electron chi connectivity index (χ2n) is 4.99. The molecule has 5 heteroatoms. The van der Waals surface area contributed by atoms with Gasteiger partial charge in [-0.05, 0) is 37.5 Å². The van der Waals surface area contributed by atoms with Crippen LogP contribution in [0.25, 0.3) is 0 Å². The first kappa shape index (κ1) is 16.7. The Morgan fingerprint density at radius 3 is 2.57 bits per heavy atom. The largest absolute Gasteiger partial charge is 0.268 e.